The molecule has 0 saturated carbocycles. The Morgan fingerprint density at radius 3 is 2.46 bits per heavy atom. The minimum Gasteiger partial charge on any atom is -0.508 e. The number of rotatable bonds is 3. The quantitative estimate of drug-likeness (QED) is 0.627. The Morgan fingerprint density at radius 1 is 1.11 bits per heavy atom. The van der Waals surface area contributed by atoms with Gasteiger partial charge >= 0.3 is 0 Å². The summed E-state index contributed by atoms with van der Waals surface area (Å²) in [6.07, 6.45) is 0.526. The van der Waals surface area contributed by atoms with E-state index in [9.17, 15) is 18.8 Å². The van der Waals surface area contributed by atoms with E-state index in [0.29, 0.717) is 23.5 Å². The van der Waals surface area contributed by atoms with Crippen LogP contribution in [0.1, 0.15) is 30.8 Å². The molecule has 8 heteroatoms. The van der Waals surface area contributed by atoms with Crippen molar-refractivity contribution in [2.24, 2.45) is 0 Å². The van der Waals surface area contributed by atoms with Gasteiger partial charge in [-0.25, -0.2) is 8.42 Å². The van der Waals surface area contributed by atoms with E-state index in [1.165, 1.54) is 28.6 Å². The lowest BCUT2D eigenvalue weighted by Crippen LogP contribution is -2.39. The summed E-state index contributed by atoms with van der Waals surface area (Å²) in [6.45, 7) is 1.91. The third kappa shape index (κ3) is 2.70. The normalized spacial score (nSPS) is 15.6. The van der Waals surface area contributed by atoms with Gasteiger partial charge in [0.25, 0.3) is 10.0 Å². The second-order valence-electron chi connectivity index (χ2n) is 6.44. The van der Waals surface area contributed by atoms with Gasteiger partial charge in [-0.1, -0.05) is 22.9 Å². The number of aromatic nitrogens is 1. The fourth-order valence-electron chi connectivity index (χ4n) is 3.62. The van der Waals surface area contributed by atoms with Crippen molar-refractivity contribution in [3.63, 3.8) is 0 Å². The van der Waals surface area contributed by atoms with Crippen LogP contribution in [0.15, 0.2) is 64.0 Å². The van der Waals surface area contributed by atoms with E-state index in [4.69, 9.17) is 0 Å². The number of phenolic OH excluding ortho intramolecular Hbond substituents is 1. The molecular formula is C20H16BrN3O3S. The zero-order valence-corrected chi connectivity index (χ0v) is 17.3. The molecule has 142 valence electrons. The lowest BCUT2D eigenvalue weighted by atomic mass is 10.1. The van der Waals surface area contributed by atoms with Crippen molar-refractivity contribution in [2.45, 2.75) is 24.3 Å². The Balaban J connectivity index is 2.01. The number of fused-ring (bicyclic) bond motifs is 3. The second-order valence-corrected chi connectivity index (χ2v) is 9.17. The average molecular weight is 458 g/mol. The maximum Gasteiger partial charge on any atom is 0.265 e. The van der Waals surface area contributed by atoms with E-state index in [2.05, 4.69) is 22.0 Å². The SMILES string of the molecule is CC[C@@H]1c2ccc(C#N)n2-c2ccc(Br)cc2N1S(=O)(=O)c1ccc(O)cc1. The first-order valence-corrected chi connectivity index (χ1v) is 10.9. The monoisotopic (exact) mass is 457 g/mol. The first-order valence-electron chi connectivity index (χ1n) is 8.63. The molecule has 0 radical (unpaired) electrons. The number of sulfonamides is 1. The van der Waals surface area contributed by atoms with Gasteiger partial charge in [-0.2, -0.15) is 5.26 Å². The summed E-state index contributed by atoms with van der Waals surface area (Å²) in [5.41, 5.74) is 2.33. The molecule has 2 heterocycles. The summed E-state index contributed by atoms with van der Waals surface area (Å²) >= 11 is 3.43. The number of aromatic hydroxyl groups is 1. The van der Waals surface area contributed by atoms with E-state index in [1.807, 2.05) is 17.6 Å². The number of benzene rings is 2. The summed E-state index contributed by atoms with van der Waals surface area (Å²) in [7, 11) is -3.91. The Bertz CT molecular complexity index is 1210. The molecular weight excluding hydrogens is 442 g/mol. The number of nitriles is 1. The maximum atomic E-state index is 13.6. The van der Waals surface area contributed by atoms with Gasteiger partial charge in [0.15, 0.2) is 0 Å². The van der Waals surface area contributed by atoms with Gasteiger partial charge in [-0.15, -0.1) is 0 Å². The molecule has 28 heavy (non-hydrogen) atoms. The minimum atomic E-state index is -3.91. The van der Waals surface area contributed by atoms with Crippen LogP contribution in [0.5, 0.6) is 5.75 Å². The van der Waals surface area contributed by atoms with Gasteiger partial charge in [-0.3, -0.25) is 4.31 Å². The van der Waals surface area contributed by atoms with Crippen molar-refractivity contribution in [3.05, 3.63) is 70.5 Å². The fourth-order valence-corrected chi connectivity index (χ4v) is 5.68. The van der Waals surface area contributed by atoms with Crippen LogP contribution in [-0.2, 0) is 10.0 Å². The van der Waals surface area contributed by atoms with Crippen LogP contribution in [0.3, 0.4) is 0 Å². The standard InChI is InChI=1S/C20H16BrN3O3S/c1-2-17-18-10-4-14(12-22)23(18)19-9-3-13(21)11-20(19)24(17)28(26,27)16-7-5-15(25)6-8-16/h3-11,17,25H,2H2,1H3/t17-/m1/s1. The van der Waals surface area contributed by atoms with Crippen LogP contribution < -0.4 is 4.31 Å². The molecule has 0 unspecified atom stereocenters. The predicted molar refractivity (Wildman–Crippen MR) is 109 cm³/mol. The second kappa shape index (κ2) is 6.69. The molecule has 4 rings (SSSR count). The van der Waals surface area contributed by atoms with Gasteiger partial charge in [0, 0.05) is 10.2 Å². The molecule has 1 atom stereocenters. The van der Waals surface area contributed by atoms with Crippen LogP contribution in [0.2, 0.25) is 0 Å². The molecule has 6 nitrogen and oxygen atoms in total. The van der Waals surface area contributed by atoms with E-state index < -0.39 is 16.1 Å². The Hall–Kier alpha value is -2.76. The summed E-state index contributed by atoms with van der Waals surface area (Å²) in [5.74, 6) is 0.000295. The van der Waals surface area contributed by atoms with E-state index >= 15 is 0 Å². The molecule has 2 aromatic carbocycles. The van der Waals surface area contributed by atoms with E-state index in [0.717, 1.165) is 10.2 Å². The molecule has 0 amide bonds. The highest BCUT2D eigenvalue weighted by molar-refractivity contribution is 9.10. The summed E-state index contributed by atoms with van der Waals surface area (Å²) < 4.78 is 31.1. The first-order chi connectivity index (χ1) is 13.4. The van der Waals surface area contributed by atoms with E-state index in [-0.39, 0.29) is 10.6 Å². The predicted octanol–water partition coefficient (Wildman–Crippen LogP) is 4.48. The van der Waals surface area contributed by atoms with Gasteiger partial charge in [-0.05, 0) is 61.0 Å². The Morgan fingerprint density at radius 2 is 1.82 bits per heavy atom. The zero-order valence-electron chi connectivity index (χ0n) is 14.9. The number of hydrogen-bond donors (Lipinski definition) is 1. The topological polar surface area (TPSA) is 86.3 Å². The lowest BCUT2D eigenvalue weighted by Gasteiger charge is -2.38. The number of anilines is 1. The highest BCUT2D eigenvalue weighted by atomic mass is 79.9. The van der Waals surface area contributed by atoms with Gasteiger partial charge in [0.2, 0.25) is 0 Å². The smallest absolute Gasteiger partial charge is 0.265 e. The van der Waals surface area contributed by atoms with Gasteiger partial charge < -0.3 is 9.67 Å². The molecule has 1 aliphatic heterocycles. The van der Waals surface area contributed by atoms with Crippen LogP contribution in [0.25, 0.3) is 5.69 Å². The van der Waals surface area contributed by atoms with Crippen molar-refractivity contribution in [1.82, 2.24) is 4.57 Å². The van der Waals surface area contributed by atoms with E-state index in [1.54, 1.807) is 24.3 Å². The summed E-state index contributed by atoms with van der Waals surface area (Å²) in [4.78, 5) is 0.0928. The van der Waals surface area contributed by atoms with Crippen molar-refractivity contribution >= 4 is 31.6 Å². The molecule has 0 bridgehead atoms. The van der Waals surface area contributed by atoms with Crippen molar-refractivity contribution < 1.29 is 13.5 Å². The number of phenols is 1. The molecule has 3 aromatic rings. The van der Waals surface area contributed by atoms with Crippen LogP contribution in [0.4, 0.5) is 5.69 Å². The third-order valence-electron chi connectivity index (χ3n) is 4.85. The Kier molecular flexibility index (Phi) is 4.44. The van der Waals surface area contributed by atoms with Crippen molar-refractivity contribution in [1.29, 1.82) is 5.26 Å². The molecule has 1 aliphatic rings. The highest BCUT2D eigenvalue weighted by Crippen LogP contribution is 2.45. The third-order valence-corrected chi connectivity index (χ3v) is 7.18. The molecule has 1 N–H and O–H groups in total. The summed E-state index contributed by atoms with van der Waals surface area (Å²) in [5, 5.41) is 19.1. The molecule has 0 spiro atoms. The number of nitrogens with zero attached hydrogens (tertiary/aromatic N) is 3. The van der Waals surface area contributed by atoms with Crippen LogP contribution in [-0.4, -0.2) is 18.1 Å². The minimum absolute atomic E-state index is 0.000295. The van der Waals surface area contributed by atoms with Crippen molar-refractivity contribution in [3.8, 4) is 17.5 Å². The van der Waals surface area contributed by atoms with Crippen LogP contribution in [0, 0.1) is 11.3 Å². The largest absolute Gasteiger partial charge is 0.508 e. The average Bonchev–Trinajstić information content (AvgIpc) is 3.11. The first kappa shape index (κ1) is 18.6. The van der Waals surface area contributed by atoms with Crippen LogP contribution >= 0.6 is 15.9 Å². The Labute approximate surface area is 171 Å². The highest BCUT2D eigenvalue weighted by Gasteiger charge is 2.39. The maximum absolute atomic E-state index is 13.6. The van der Waals surface area contributed by atoms with Crippen molar-refractivity contribution in [2.75, 3.05) is 4.31 Å². The lowest BCUT2D eigenvalue weighted by molar-refractivity contribution is 0.474. The number of hydrogen-bond acceptors (Lipinski definition) is 4. The fraction of sp³-hybridized carbons (Fsp3) is 0.150. The summed E-state index contributed by atoms with van der Waals surface area (Å²) in [6, 6.07) is 16.1. The molecule has 0 fully saturated rings. The molecule has 0 saturated heterocycles. The molecule has 0 aliphatic carbocycles. The van der Waals surface area contributed by atoms with Gasteiger partial charge in [0.05, 0.1) is 22.3 Å². The van der Waals surface area contributed by atoms with Gasteiger partial charge in [0.1, 0.15) is 17.5 Å². The molecule has 1 aromatic heterocycles. The zero-order chi connectivity index (χ0) is 20.1. The number of halogens is 1.